The first-order valence-electron chi connectivity index (χ1n) is 29.7. The summed E-state index contributed by atoms with van der Waals surface area (Å²) in [7, 11) is -1.31. The van der Waals surface area contributed by atoms with Gasteiger partial charge in [0.05, 0.1) is 0 Å². The fraction of sp³-hybridized carbons (Fsp3) is 0.0465. The van der Waals surface area contributed by atoms with Gasteiger partial charge in [-0.3, -0.25) is 23.6 Å². The number of benzene rings is 9. The maximum Gasteiger partial charge on any atom is 0.194 e. The zero-order valence-corrected chi connectivity index (χ0v) is 67.0. The maximum absolute atomic E-state index is 12.9. The number of aromatic nitrogens is 4. The molecule has 13 rings (SSSR count). The van der Waals surface area contributed by atoms with E-state index in [1.165, 1.54) is 23.5 Å². The molecule has 0 amide bonds. The zero-order chi connectivity index (χ0) is 64.2. The smallest absolute Gasteiger partial charge is 0.194 e. The SMILES string of the molecule is C[Si](C)(C)c1c[c-]c(-c2ccc(C(=O)c3ccccc3)cn2)cc1.Cc1ccc[c-]c1-c1ccc(C(=O)c2ccccc2)cn1.O=C(c1ccccc1)c1ccc(-c2[c-]cc(F)cc2)nc1.O=C(c1ccccc1)c1ccc(-c2[c-]ccc(-c3ccccc3)c2)nc1.[CH3-].[CH3-].[CH3-].[CH3-].[Ir].[Ir].[Ir].[Ir]. The van der Waals surface area contributed by atoms with Crippen LogP contribution in [-0.4, -0.2) is 51.1 Å². The summed E-state index contributed by atoms with van der Waals surface area (Å²) in [5.74, 6) is -0.449. The van der Waals surface area contributed by atoms with Crippen molar-refractivity contribution in [2.45, 2.75) is 26.6 Å². The van der Waals surface area contributed by atoms with Gasteiger partial charge in [0, 0.05) is 164 Å². The minimum atomic E-state index is -1.31. The van der Waals surface area contributed by atoms with Crippen molar-refractivity contribution in [3.63, 3.8) is 0 Å². The summed E-state index contributed by atoms with van der Waals surface area (Å²) in [4.78, 5) is 67.0. The molecule has 4 aromatic heterocycles. The molecular formula is C86H73FIr4N4O4Si-8. The number of ketones is 4. The van der Waals surface area contributed by atoms with Crippen LogP contribution in [0.2, 0.25) is 19.6 Å². The number of pyridine rings is 4. The number of carbonyl (C=O) groups is 4. The molecule has 0 spiro atoms. The van der Waals surface area contributed by atoms with E-state index < -0.39 is 8.07 Å². The van der Waals surface area contributed by atoms with Gasteiger partial charge in [-0.2, -0.15) is 0 Å². The van der Waals surface area contributed by atoms with E-state index in [0.717, 1.165) is 50.5 Å². The van der Waals surface area contributed by atoms with Crippen molar-refractivity contribution in [1.82, 2.24) is 19.9 Å². The Hall–Kier alpha value is -9.00. The summed E-state index contributed by atoms with van der Waals surface area (Å²) >= 11 is 0. The van der Waals surface area contributed by atoms with Gasteiger partial charge < -0.3 is 49.6 Å². The molecule has 0 atom stereocenters. The van der Waals surface area contributed by atoms with Crippen LogP contribution in [0.1, 0.15) is 69.2 Å². The second-order valence-corrected chi connectivity index (χ2v) is 27.3. The van der Waals surface area contributed by atoms with Crippen molar-refractivity contribution in [2.24, 2.45) is 0 Å². The Balaban J connectivity index is 0.000000443. The van der Waals surface area contributed by atoms with Crippen LogP contribution in [0.4, 0.5) is 4.39 Å². The second-order valence-electron chi connectivity index (χ2n) is 22.3. The second kappa shape index (κ2) is 42.8. The van der Waals surface area contributed by atoms with Crippen molar-refractivity contribution < 1.29 is 104 Å². The molecule has 0 saturated heterocycles. The van der Waals surface area contributed by atoms with Crippen LogP contribution in [0.25, 0.3) is 56.2 Å². The van der Waals surface area contributed by atoms with Crippen molar-refractivity contribution in [2.75, 3.05) is 0 Å². The molecule has 0 aliphatic carbocycles. The Morgan fingerprint density at radius 2 is 0.690 bits per heavy atom. The van der Waals surface area contributed by atoms with Gasteiger partial charge in [0.1, 0.15) is 0 Å². The fourth-order valence-corrected chi connectivity index (χ4v) is 10.7. The number of halogens is 1. The molecule has 0 N–H and O–H groups in total. The summed E-state index contributed by atoms with van der Waals surface area (Å²) in [6, 6.07) is 96.5. The van der Waals surface area contributed by atoms with Crippen LogP contribution in [0.5, 0.6) is 0 Å². The van der Waals surface area contributed by atoms with E-state index in [4.69, 9.17) is 0 Å². The Morgan fingerprint density at radius 3 is 1.02 bits per heavy atom. The number of hydrogen-bond donors (Lipinski definition) is 0. The van der Waals surface area contributed by atoms with Crippen molar-refractivity contribution in [3.05, 3.63) is 408 Å². The monoisotopic (exact) mass is 2040 g/mol. The largest absolute Gasteiger partial charge is 0.358 e. The third-order valence-electron chi connectivity index (χ3n) is 14.8. The molecule has 100 heavy (non-hydrogen) atoms. The molecule has 0 aliphatic heterocycles. The van der Waals surface area contributed by atoms with E-state index in [2.05, 4.69) is 100 Å². The van der Waals surface area contributed by atoms with Crippen LogP contribution < -0.4 is 5.19 Å². The van der Waals surface area contributed by atoms with E-state index in [1.807, 2.05) is 201 Å². The van der Waals surface area contributed by atoms with Gasteiger partial charge in [0.15, 0.2) is 23.1 Å². The van der Waals surface area contributed by atoms with Crippen molar-refractivity contribution >= 4 is 36.4 Å². The molecular weight excluding hydrogens is 1970 g/mol. The van der Waals surface area contributed by atoms with Gasteiger partial charge in [0.25, 0.3) is 0 Å². The number of nitrogens with zero attached hydrogens (tertiary/aromatic N) is 4. The van der Waals surface area contributed by atoms with Gasteiger partial charge in [-0.15, -0.1) is 136 Å². The summed E-state index contributed by atoms with van der Waals surface area (Å²) in [6.07, 6.45) is 6.44. The molecule has 0 bridgehead atoms. The van der Waals surface area contributed by atoms with E-state index in [1.54, 1.807) is 48.9 Å². The van der Waals surface area contributed by atoms with Gasteiger partial charge in [0.2, 0.25) is 0 Å². The Morgan fingerprint density at radius 1 is 0.330 bits per heavy atom. The molecule has 14 heteroatoms. The van der Waals surface area contributed by atoms with E-state index in [-0.39, 0.29) is 139 Å². The zero-order valence-electron chi connectivity index (χ0n) is 56.4. The predicted molar refractivity (Wildman–Crippen MR) is 392 cm³/mol. The van der Waals surface area contributed by atoms with Gasteiger partial charge in [-0.25, -0.2) is 0 Å². The van der Waals surface area contributed by atoms with Crippen LogP contribution in [0.15, 0.2) is 298 Å². The Kier molecular flexibility index (Phi) is 37.3. The molecule has 4 radical (unpaired) electrons. The molecule has 516 valence electrons. The first kappa shape index (κ1) is 87.1. The Bertz CT molecular complexity index is 4580. The van der Waals surface area contributed by atoms with E-state index >= 15 is 0 Å². The molecule has 0 aliphatic rings. The quantitative estimate of drug-likeness (QED) is 0.0600. The first-order valence-corrected chi connectivity index (χ1v) is 33.2. The van der Waals surface area contributed by atoms with Crippen LogP contribution in [-0.2, 0) is 80.4 Å². The van der Waals surface area contributed by atoms with Gasteiger partial charge in [-0.05, 0) is 28.3 Å². The van der Waals surface area contributed by atoms with Crippen LogP contribution >= 0.6 is 0 Å². The number of rotatable bonds is 14. The summed E-state index contributed by atoms with van der Waals surface area (Å²) in [5, 5.41) is 1.38. The first-order chi connectivity index (χ1) is 44.7. The molecule has 0 fully saturated rings. The minimum absolute atomic E-state index is 0. The van der Waals surface area contributed by atoms with Crippen LogP contribution in [0.3, 0.4) is 0 Å². The molecule has 0 unspecified atom stereocenters. The predicted octanol–water partition coefficient (Wildman–Crippen LogP) is 19.6. The van der Waals surface area contributed by atoms with Crippen LogP contribution in [0, 0.1) is 66.7 Å². The van der Waals surface area contributed by atoms with Gasteiger partial charge in [-0.1, -0.05) is 227 Å². The maximum atomic E-state index is 12.9. The molecule has 4 heterocycles. The average Bonchev–Trinajstić information content (AvgIpc) is 0.845. The van der Waals surface area contributed by atoms with Crippen molar-refractivity contribution in [3.8, 4) is 56.2 Å². The van der Waals surface area contributed by atoms with E-state index in [0.29, 0.717) is 55.8 Å². The van der Waals surface area contributed by atoms with Gasteiger partial charge >= 0.3 is 0 Å². The number of hydrogen-bond acceptors (Lipinski definition) is 8. The summed E-state index contributed by atoms with van der Waals surface area (Å²) in [5.41, 5.74) is 15.0. The van der Waals surface area contributed by atoms with E-state index in [9.17, 15) is 23.6 Å². The molecule has 13 aromatic rings. The number of aryl methyl sites for hydroxylation is 1. The topological polar surface area (TPSA) is 120 Å². The normalized spacial score (nSPS) is 9.77. The Labute approximate surface area is 645 Å². The summed E-state index contributed by atoms with van der Waals surface area (Å²) in [6.45, 7) is 8.98. The number of carbonyl (C=O) groups excluding carboxylic acids is 4. The minimum Gasteiger partial charge on any atom is -0.358 e. The fourth-order valence-electron chi connectivity index (χ4n) is 9.60. The molecule has 9 aromatic carbocycles. The summed E-state index contributed by atoms with van der Waals surface area (Å²) < 4.78 is 12.9. The third kappa shape index (κ3) is 23.9. The molecule has 0 saturated carbocycles. The van der Waals surface area contributed by atoms with Crippen molar-refractivity contribution in [1.29, 1.82) is 0 Å². The average molecular weight is 2040 g/mol. The standard InChI is InChI=1S/C24H16NO.C21H20NOSi.C19H14NO.C18H11FNO.4CH3.4Ir/c26-24(19-10-5-2-6-11-19)22-14-15-23(25-17-22)21-13-7-12-20(16-21)18-8-3-1-4-9-18;1-24(2,3)19-12-9-16(10-13-19)20-14-11-18(15-22-20)21(23)17-7-5-4-6-8-17;1-14-7-5-6-10-17(14)18-12-11-16(13-20-18)19(21)15-8-3-2-4-9-15;19-16-9-6-13(7-10-16)17-11-8-15(12-20-17)18(21)14-4-2-1-3-5-14;;;;;;;;/h1-12,14-17H;4-9,11-15H,1-3H3;2-9,11-13H,1H3;1-6,8-12H;4*1H3;;;;/q8*-1;;;;. The molecule has 8 nitrogen and oxygen atoms in total. The third-order valence-corrected chi connectivity index (χ3v) is 16.8.